The number of hydrogen-bond acceptors (Lipinski definition) is 2. The van der Waals surface area contributed by atoms with Crippen LogP contribution in [0.3, 0.4) is 0 Å². The second kappa shape index (κ2) is 3.13. The largest absolute Gasteiger partial charge is 0.469 e. The van der Waals surface area contributed by atoms with Crippen molar-refractivity contribution in [2.75, 3.05) is 7.11 Å². The Kier molecular flexibility index (Phi) is 2.36. The van der Waals surface area contributed by atoms with Gasteiger partial charge >= 0.3 is 5.97 Å². The topological polar surface area (TPSA) is 26.3 Å². The van der Waals surface area contributed by atoms with E-state index in [1.165, 1.54) is 7.11 Å². The van der Waals surface area contributed by atoms with Crippen molar-refractivity contribution in [1.29, 1.82) is 0 Å². The van der Waals surface area contributed by atoms with Crippen LogP contribution in [0.5, 0.6) is 0 Å². The van der Waals surface area contributed by atoms with Crippen LogP contribution in [0.4, 0.5) is 0 Å². The number of hydrogen-bond donors (Lipinski definition) is 0. The molecule has 0 saturated heterocycles. The first-order valence-electron chi connectivity index (χ1n) is 3.99. The Hall–Kier alpha value is -1.05. The maximum Gasteiger partial charge on any atom is 0.309 e. The average molecular weight is 166 g/mol. The fraction of sp³-hybridized carbons (Fsp3) is 0.500. The van der Waals surface area contributed by atoms with Gasteiger partial charge in [0.25, 0.3) is 0 Å². The van der Waals surface area contributed by atoms with Crippen LogP contribution in [0.15, 0.2) is 24.8 Å². The maximum atomic E-state index is 11.1. The first-order chi connectivity index (χ1) is 5.63. The summed E-state index contributed by atoms with van der Waals surface area (Å²) in [5.74, 6) is 0.336. The number of rotatable bonds is 3. The SMILES string of the molecule is C=C[C@@H]1[C@H](C(=C)C)[C@H]1C(=O)OC. The molecular weight excluding hydrogens is 152 g/mol. The second-order valence-electron chi connectivity index (χ2n) is 3.23. The van der Waals surface area contributed by atoms with Crippen molar-refractivity contribution < 1.29 is 9.53 Å². The zero-order chi connectivity index (χ0) is 9.30. The van der Waals surface area contributed by atoms with Crippen molar-refractivity contribution in [1.82, 2.24) is 0 Å². The van der Waals surface area contributed by atoms with Crippen LogP contribution < -0.4 is 0 Å². The standard InChI is InChI=1S/C10H14O2/c1-5-7-8(6(2)3)9(7)10(11)12-4/h5,7-9H,1-2H2,3-4H3/t7-,8+,9+/m1/s1. The molecule has 0 amide bonds. The summed E-state index contributed by atoms with van der Waals surface area (Å²) in [4.78, 5) is 11.1. The molecule has 0 unspecified atom stereocenters. The zero-order valence-electron chi connectivity index (χ0n) is 7.54. The molecule has 0 N–H and O–H groups in total. The third-order valence-corrected chi connectivity index (χ3v) is 2.39. The molecule has 0 aliphatic heterocycles. The van der Waals surface area contributed by atoms with E-state index in [1.54, 1.807) is 6.08 Å². The van der Waals surface area contributed by atoms with Gasteiger partial charge in [0.05, 0.1) is 13.0 Å². The third-order valence-electron chi connectivity index (χ3n) is 2.39. The van der Waals surface area contributed by atoms with Gasteiger partial charge in [-0.15, -0.1) is 6.58 Å². The van der Waals surface area contributed by atoms with Gasteiger partial charge in [0.15, 0.2) is 0 Å². The molecule has 0 aromatic heterocycles. The Morgan fingerprint density at radius 1 is 1.50 bits per heavy atom. The lowest BCUT2D eigenvalue weighted by Crippen LogP contribution is -2.05. The van der Waals surface area contributed by atoms with Crippen molar-refractivity contribution >= 4 is 5.97 Å². The van der Waals surface area contributed by atoms with Crippen molar-refractivity contribution in [3.05, 3.63) is 24.8 Å². The van der Waals surface area contributed by atoms with Crippen molar-refractivity contribution in [3.63, 3.8) is 0 Å². The third kappa shape index (κ3) is 1.29. The fourth-order valence-electron chi connectivity index (χ4n) is 1.70. The summed E-state index contributed by atoms with van der Waals surface area (Å²) < 4.78 is 4.66. The van der Waals surface area contributed by atoms with E-state index in [0.29, 0.717) is 0 Å². The van der Waals surface area contributed by atoms with Gasteiger partial charge in [0.2, 0.25) is 0 Å². The molecule has 1 aliphatic rings. The number of carbonyl (C=O) groups is 1. The average Bonchev–Trinajstić information content (AvgIpc) is 2.76. The Morgan fingerprint density at radius 3 is 2.33 bits per heavy atom. The first kappa shape index (κ1) is 9.04. The van der Waals surface area contributed by atoms with E-state index < -0.39 is 0 Å². The van der Waals surface area contributed by atoms with Crippen LogP contribution >= 0.6 is 0 Å². The van der Waals surface area contributed by atoms with Crippen molar-refractivity contribution in [2.24, 2.45) is 17.8 Å². The van der Waals surface area contributed by atoms with Gasteiger partial charge in [0, 0.05) is 5.92 Å². The highest BCUT2D eigenvalue weighted by molar-refractivity contribution is 5.77. The Balaban J connectivity index is 2.64. The number of allylic oxidation sites excluding steroid dienone is 2. The summed E-state index contributed by atoms with van der Waals surface area (Å²) in [5, 5.41) is 0. The minimum Gasteiger partial charge on any atom is -0.469 e. The highest BCUT2D eigenvalue weighted by Gasteiger charge is 2.53. The highest BCUT2D eigenvalue weighted by atomic mass is 16.5. The van der Waals surface area contributed by atoms with Crippen molar-refractivity contribution in [2.45, 2.75) is 6.92 Å². The van der Waals surface area contributed by atoms with Gasteiger partial charge in [0.1, 0.15) is 0 Å². The van der Waals surface area contributed by atoms with E-state index in [9.17, 15) is 4.79 Å². The summed E-state index contributed by atoms with van der Waals surface area (Å²) in [7, 11) is 1.41. The lowest BCUT2D eigenvalue weighted by atomic mass is 10.2. The smallest absolute Gasteiger partial charge is 0.309 e. The van der Waals surface area contributed by atoms with Gasteiger partial charge < -0.3 is 4.74 Å². The molecule has 1 saturated carbocycles. The van der Waals surface area contributed by atoms with Crippen LogP contribution in [-0.4, -0.2) is 13.1 Å². The molecule has 0 radical (unpaired) electrons. The summed E-state index contributed by atoms with van der Waals surface area (Å²) >= 11 is 0. The molecule has 66 valence electrons. The quantitative estimate of drug-likeness (QED) is 0.472. The van der Waals surface area contributed by atoms with Crippen LogP contribution in [-0.2, 0) is 9.53 Å². The van der Waals surface area contributed by atoms with E-state index >= 15 is 0 Å². The van der Waals surface area contributed by atoms with E-state index in [4.69, 9.17) is 0 Å². The predicted octanol–water partition coefficient (Wildman–Crippen LogP) is 1.78. The summed E-state index contributed by atoms with van der Waals surface area (Å²) in [5.41, 5.74) is 1.04. The van der Waals surface area contributed by atoms with Crippen LogP contribution in [0.2, 0.25) is 0 Å². The summed E-state index contributed by atoms with van der Waals surface area (Å²) in [6.07, 6.45) is 1.81. The molecule has 3 atom stereocenters. The Bertz CT molecular complexity index is 230. The molecule has 0 aromatic rings. The van der Waals surface area contributed by atoms with E-state index in [2.05, 4.69) is 17.9 Å². The highest BCUT2D eigenvalue weighted by Crippen LogP contribution is 2.51. The van der Waals surface area contributed by atoms with Gasteiger partial charge in [-0.2, -0.15) is 0 Å². The molecule has 0 bridgehead atoms. The van der Waals surface area contributed by atoms with Crippen molar-refractivity contribution in [3.8, 4) is 0 Å². The van der Waals surface area contributed by atoms with Crippen LogP contribution in [0.1, 0.15) is 6.92 Å². The fourth-order valence-corrected chi connectivity index (χ4v) is 1.70. The molecule has 12 heavy (non-hydrogen) atoms. The Labute approximate surface area is 72.9 Å². The van der Waals surface area contributed by atoms with Gasteiger partial charge in [-0.1, -0.05) is 18.2 Å². The minimum atomic E-state index is -0.145. The zero-order valence-corrected chi connectivity index (χ0v) is 7.54. The van der Waals surface area contributed by atoms with Gasteiger partial charge in [-0.25, -0.2) is 0 Å². The van der Waals surface area contributed by atoms with E-state index in [1.807, 2.05) is 6.92 Å². The predicted molar refractivity (Wildman–Crippen MR) is 47.5 cm³/mol. The molecule has 1 rings (SSSR count). The lowest BCUT2D eigenvalue weighted by molar-refractivity contribution is -0.142. The molecule has 1 aliphatic carbocycles. The first-order valence-corrected chi connectivity index (χ1v) is 3.99. The molecule has 1 fully saturated rings. The van der Waals surface area contributed by atoms with Crippen LogP contribution in [0.25, 0.3) is 0 Å². The number of ether oxygens (including phenoxy) is 1. The molecular formula is C10H14O2. The van der Waals surface area contributed by atoms with Gasteiger partial charge in [-0.05, 0) is 12.8 Å². The van der Waals surface area contributed by atoms with E-state index in [0.717, 1.165) is 5.57 Å². The van der Waals surface area contributed by atoms with E-state index in [-0.39, 0.29) is 23.7 Å². The minimum absolute atomic E-state index is 0.0231. The molecule has 0 aromatic carbocycles. The lowest BCUT2D eigenvalue weighted by Gasteiger charge is -1.95. The number of methoxy groups -OCH3 is 1. The number of esters is 1. The maximum absolute atomic E-state index is 11.1. The molecule has 0 heterocycles. The summed E-state index contributed by atoms with van der Waals surface area (Å²) in [6.45, 7) is 9.43. The summed E-state index contributed by atoms with van der Waals surface area (Å²) in [6, 6.07) is 0. The second-order valence-corrected chi connectivity index (χ2v) is 3.23. The molecule has 0 spiro atoms. The normalized spacial score (nSPS) is 32.3. The molecule has 2 nitrogen and oxygen atoms in total. The van der Waals surface area contributed by atoms with Gasteiger partial charge in [-0.3, -0.25) is 4.79 Å². The number of carbonyl (C=O) groups excluding carboxylic acids is 1. The monoisotopic (exact) mass is 166 g/mol. The Morgan fingerprint density at radius 2 is 2.08 bits per heavy atom. The van der Waals surface area contributed by atoms with Crippen LogP contribution in [0, 0.1) is 17.8 Å². The molecule has 2 heteroatoms.